The summed E-state index contributed by atoms with van der Waals surface area (Å²) in [6.45, 7) is 0.0132. The lowest BCUT2D eigenvalue weighted by molar-refractivity contribution is -0.387. The van der Waals surface area contributed by atoms with E-state index in [-0.39, 0.29) is 18.5 Å². The second kappa shape index (κ2) is 5.71. The van der Waals surface area contributed by atoms with Crippen LogP contribution >= 0.6 is 0 Å². The summed E-state index contributed by atoms with van der Waals surface area (Å²) in [6, 6.07) is 2.78. The molecule has 0 spiro atoms. The molecule has 0 heterocycles. The van der Waals surface area contributed by atoms with Gasteiger partial charge in [0.05, 0.1) is 4.92 Å². The van der Waals surface area contributed by atoms with E-state index in [0.717, 1.165) is 18.2 Å². The predicted molar refractivity (Wildman–Crippen MR) is 59.2 cm³/mol. The van der Waals surface area contributed by atoms with Crippen molar-refractivity contribution in [2.45, 2.75) is 6.42 Å². The van der Waals surface area contributed by atoms with Gasteiger partial charge < -0.3 is 11.1 Å². The molecule has 18 heavy (non-hydrogen) atoms. The molecule has 2 amide bonds. The molecule has 0 radical (unpaired) electrons. The Labute approximate surface area is 101 Å². The van der Waals surface area contributed by atoms with E-state index in [1.807, 2.05) is 0 Å². The van der Waals surface area contributed by atoms with E-state index >= 15 is 0 Å². The largest absolute Gasteiger partial charge is 0.370 e. The normalized spacial score (nSPS) is 9.83. The third-order valence-electron chi connectivity index (χ3n) is 2.06. The van der Waals surface area contributed by atoms with Crippen molar-refractivity contribution in [3.63, 3.8) is 0 Å². The van der Waals surface area contributed by atoms with Crippen molar-refractivity contribution >= 4 is 17.5 Å². The fourth-order valence-corrected chi connectivity index (χ4v) is 1.20. The molecule has 8 heteroatoms. The molecule has 0 aliphatic heterocycles. The highest BCUT2D eigenvalue weighted by atomic mass is 19.1. The number of nitrogens with one attached hydrogen (secondary N) is 1. The van der Waals surface area contributed by atoms with Crippen molar-refractivity contribution in [3.8, 4) is 0 Å². The van der Waals surface area contributed by atoms with Crippen LogP contribution in [-0.2, 0) is 4.79 Å². The van der Waals surface area contributed by atoms with Gasteiger partial charge in [0.25, 0.3) is 5.91 Å². The highest BCUT2D eigenvalue weighted by Gasteiger charge is 2.17. The quantitative estimate of drug-likeness (QED) is 0.582. The van der Waals surface area contributed by atoms with E-state index in [0.29, 0.717) is 0 Å². The molecule has 0 bridgehead atoms. The summed E-state index contributed by atoms with van der Waals surface area (Å²) in [5.74, 6) is -2.24. The SMILES string of the molecule is NC(=O)CCNC(=O)c1ccc(F)c([N+](=O)[O-])c1. The van der Waals surface area contributed by atoms with Gasteiger partial charge in [0.2, 0.25) is 11.7 Å². The van der Waals surface area contributed by atoms with Gasteiger partial charge >= 0.3 is 5.69 Å². The highest BCUT2D eigenvalue weighted by molar-refractivity contribution is 5.95. The Kier molecular flexibility index (Phi) is 4.30. The van der Waals surface area contributed by atoms with Crippen LogP contribution in [0.15, 0.2) is 18.2 Å². The molecule has 0 fully saturated rings. The number of hydrogen-bond acceptors (Lipinski definition) is 4. The van der Waals surface area contributed by atoms with Crippen molar-refractivity contribution in [2.75, 3.05) is 6.54 Å². The molecule has 1 aromatic carbocycles. The first kappa shape index (κ1) is 13.6. The Balaban J connectivity index is 2.77. The number of hydrogen-bond donors (Lipinski definition) is 2. The summed E-state index contributed by atoms with van der Waals surface area (Å²) in [5, 5.41) is 12.8. The molecule has 7 nitrogen and oxygen atoms in total. The van der Waals surface area contributed by atoms with Crippen molar-refractivity contribution in [1.82, 2.24) is 5.32 Å². The van der Waals surface area contributed by atoms with Gasteiger partial charge in [-0.05, 0) is 12.1 Å². The second-order valence-corrected chi connectivity index (χ2v) is 3.40. The molecule has 0 aromatic heterocycles. The molecule has 0 unspecified atom stereocenters. The molecule has 3 N–H and O–H groups in total. The third-order valence-corrected chi connectivity index (χ3v) is 2.06. The number of amides is 2. The summed E-state index contributed by atoms with van der Waals surface area (Å²) >= 11 is 0. The lowest BCUT2D eigenvalue weighted by atomic mass is 10.2. The van der Waals surface area contributed by atoms with E-state index in [9.17, 15) is 24.1 Å². The maximum Gasteiger partial charge on any atom is 0.305 e. The topological polar surface area (TPSA) is 115 Å². The minimum Gasteiger partial charge on any atom is -0.370 e. The van der Waals surface area contributed by atoms with Crippen LogP contribution in [0, 0.1) is 15.9 Å². The van der Waals surface area contributed by atoms with Gasteiger partial charge in [0.1, 0.15) is 0 Å². The van der Waals surface area contributed by atoms with Crippen LogP contribution in [0.25, 0.3) is 0 Å². The zero-order valence-electron chi connectivity index (χ0n) is 9.18. The average Bonchev–Trinajstić information content (AvgIpc) is 2.28. The average molecular weight is 255 g/mol. The van der Waals surface area contributed by atoms with Gasteiger partial charge in [-0.3, -0.25) is 19.7 Å². The molecule has 0 saturated heterocycles. The number of rotatable bonds is 5. The zero-order valence-corrected chi connectivity index (χ0v) is 9.18. The first-order valence-corrected chi connectivity index (χ1v) is 4.92. The molecule has 96 valence electrons. The van der Waals surface area contributed by atoms with Crippen molar-refractivity contribution in [3.05, 3.63) is 39.7 Å². The lowest BCUT2D eigenvalue weighted by Gasteiger charge is -2.03. The molecule has 0 aliphatic carbocycles. The van der Waals surface area contributed by atoms with Gasteiger partial charge in [-0.25, -0.2) is 0 Å². The number of carbonyl (C=O) groups excluding carboxylic acids is 2. The Bertz CT molecular complexity index is 504. The molecule has 0 aliphatic rings. The summed E-state index contributed by atoms with van der Waals surface area (Å²) < 4.78 is 13.0. The van der Waals surface area contributed by atoms with Gasteiger partial charge in [0.15, 0.2) is 0 Å². The number of benzene rings is 1. The second-order valence-electron chi connectivity index (χ2n) is 3.40. The standard InChI is InChI=1S/C10H10FN3O4/c11-7-2-1-6(5-8(7)14(17)18)10(16)13-4-3-9(12)15/h1-2,5H,3-4H2,(H2,12,15)(H,13,16). The molecule has 1 aromatic rings. The predicted octanol–water partition coefficient (Wildman–Crippen LogP) is 0.339. The first-order valence-electron chi connectivity index (χ1n) is 4.92. The molecule has 1 rings (SSSR count). The van der Waals surface area contributed by atoms with Crippen LogP contribution in [0.2, 0.25) is 0 Å². The van der Waals surface area contributed by atoms with Crippen molar-refractivity contribution in [2.24, 2.45) is 5.73 Å². The molecular formula is C10H10FN3O4. The Morgan fingerprint density at radius 2 is 2.11 bits per heavy atom. The van der Waals surface area contributed by atoms with E-state index in [1.54, 1.807) is 0 Å². The maximum absolute atomic E-state index is 13.0. The Morgan fingerprint density at radius 3 is 2.67 bits per heavy atom. The lowest BCUT2D eigenvalue weighted by Crippen LogP contribution is -2.27. The number of nitro groups is 1. The first-order chi connectivity index (χ1) is 8.41. The minimum absolute atomic E-state index is 0.0132. The monoisotopic (exact) mass is 255 g/mol. The zero-order chi connectivity index (χ0) is 13.7. The number of primary amides is 1. The molecule has 0 saturated carbocycles. The summed E-state index contributed by atoms with van der Waals surface area (Å²) in [6.07, 6.45) is -0.0466. The Hall–Kier alpha value is -2.51. The van der Waals surface area contributed by atoms with Crippen LogP contribution in [0.1, 0.15) is 16.8 Å². The number of halogens is 1. The summed E-state index contributed by atoms with van der Waals surface area (Å²) in [4.78, 5) is 31.5. The molecular weight excluding hydrogens is 245 g/mol. The van der Waals surface area contributed by atoms with Crippen LogP contribution < -0.4 is 11.1 Å². The van der Waals surface area contributed by atoms with Crippen LogP contribution in [0.3, 0.4) is 0 Å². The van der Waals surface area contributed by atoms with Crippen molar-refractivity contribution < 1.29 is 18.9 Å². The fraction of sp³-hybridized carbons (Fsp3) is 0.200. The number of carbonyl (C=O) groups is 2. The molecule has 0 atom stereocenters. The summed E-state index contributed by atoms with van der Waals surface area (Å²) in [5.41, 5.74) is 4.03. The fourth-order valence-electron chi connectivity index (χ4n) is 1.20. The van der Waals surface area contributed by atoms with E-state index in [4.69, 9.17) is 5.73 Å². The van der Waals surface area contributed by atoms with Gasteiger partial charge in [-0.1, -0.05) is 0 Å². The van der Waals surface area contributed by atoms with Gasteiger partial charge in [0, 0.05) is 24.6 Å². The number of nitrogens with zero attached hydrogens (tertiary/aromatic N) is 1. The Morgan fingerprint density at radius 1 is 1.44 bits per heavy atom. The van der Waals surface area contributed by atoms with Crippen LogP contribution in [0.5, 0.6) is 0 Å². The number of nitrogens with two attached hydrogens (primary N) is 1. The van der Waals surface area contributed by atoms with E-state index < -0.39 is 28.2 Å². The van der Waals surface area contributed by atoms with Crippen LogP contribution in [0.4, 0.5) is 10.1 Å². The minimum atomic E-state index is -1.02. The van der Waals surface area contributed by atoms with Gasteiger partial charge in [-0.15, -0.1) is 0 Å². The summed E-state index contributed by atoms with van der Waals surface area (Å²) in [7, 11) is 0. The van der Waals surface area contributed by atoms with Crippen molar-refractivity contribution in [1.29, 1.82) is 0 Å². The maximum atomic E-state index is 13.0. The number of nitro benzene ring substituents is 1. The smallest absolute Gasteiger partial charge is 0.305 e. The highest BCUT2D eigenvalue weighted by Crippen LogP contribution is 2.18. The van der Waals surface area contributed by atoms with Crippen LogP contribution in [-0.4, -0.2) is 23.3 Å². The van der Waals surface area contributed by atoms with Gasteiger partial charge in [-0.2, -0.15) is 4.39 Å². The van der Waals surface area contributed by atoms with E-state index in [1.165, 1.54) is 0 Å². The third kappa shape index (κ3) is 3.51. The van der Waals surface area contributed by atoms with E-state index in [2.05, 4.69) is 5.32 Å².